The van der Waals surface area contributed by atoms with Gasteiger partial charge in [0.25, 0.3) is 5.91 Å². The van der Waals surface area contributed by atoms with E-state index in [-0.39, 0.29) is 5.91 Å². The first kappa shape index (κ1) is 19.9. The molecular formula is C20H27N5O3. The summed E-state index contributed by atoms with van der Waals surface area (Å²) >= 11 is 0. The summed E-state index contributed by atoms with van der Waals surface area (Å²) in [7, 11) is 5.28. The van der Waals surface area contributed by atoms with Crippen molar-refractivity contribution in [2.24, 2.45) is 0 Å². The predicted molar refractivity (Wildman–Crippen MR) is 107 cm³/mol. The molecule has 0 spiro atoms. The second-order valence-corrected chi connectivity index (χ2v) is 6.83. The van der Waals surface area contributed by atoms with E-state index in [2.05, 4.69) is 32.1 Å². The first-order chi connectivity index (χ1) is 13.5. The molecule has 2 heterocycles. The summed E-state index contributed by atoms with van der Waals surface area (Å²) in [5, 5.41) is 2.91. The molecule has 0 unspecified atom stereocenters. The zero-order chi connectivity index (χ0) is 20.1. The van der Waals surface area contributed by atoms with Gasteiger partial charge in [0.15, 0.2) is 11.5 Å². The minimum absolute atomic E-state index is 0.197. The summed E-state index contributed by atoms with van der Waals surface area (Å²) in [5.41, 5.74) is 2.07. The number of anilines is 1. The molecule has 0 atom stereocenters. The van der Waals surface area contributed by atoms with Crippen molar-refractivity contribution in [3.05, 3.63) is 41.2 Å². The minimum atomic E-state index is -0.197. The number of likely N-dealkylation sites (N-methyl/N-ethyl adjacent to an activating group) is 1. The Morgan fingerprint density at radius 3 is 2.50 bits per heavy atom. The zero-order valence-electron chi connectivity index (χ0n) is 16.9. The number of ether oxygens (including phenoxy) is 2. The van der Waals surface area contributed by atoms with E-state index in [0.717, 1.165) is 31.7 Å². The van der Waals surface area contributed by atoms with E-state index in [0.29, 0.717) is 35.2 Å². The molecule has 1 aliphatic rings. The zero-order valence-corrected chi connectivity index (χ0v) is 16.9. The van der Waals surface area contributed by atoms with Crippen molar-refractivity contribution in [1.29, 1.82) is 0 Å². The maximum atomic E-state index is 12.6. The summed E-state index contributed by atoms with van der Waals surface area (Å²) in [5.74, 6) is 1.77. The molecule has 8 nitrogen and oxygen atoms in total. The highest BCUT2D eigenvalue weighted by molar-refractivity contribution is 5.94. The SMILES string of the molecule is COc1ccc(CNC(=O)c2cnc(N3CCN(C)CC3)nc2C)cc1OC. The Labute approximate surface area is 165 Å². The fourth-order valence-corrected chi connectivity index (χ4v) is 3.10. The number of benzene rings is 1. The number of aryl methyl sites for hydroxylation is 1. The first-order valence-corrected chi connectivity index (χ1v) is 9.28. The molecule has 0 radical (unpaired) electrons. The first-order valence-electron chi connectivity index (χ1n) is 9.28. The molecule has 1 aromatic carbocycles. The van der Waals surface area contributed by atoms with Crippen LogP contribution in [0.2, 0.25) is 0 Å². The summed E-state index contributed by atoms with van der Waals surface area (Å²) in [4.78, 5) is 26.0. The van der Waals surface area contributed by atoms with Crippen LogP contribution in [-0.4, -0.2) is 68.2 Å². The fraction of sp³-hybridized carbons (Fsp3) is 0.450. The number of nitrogens with one attached hydrogen (secondary N) is 1. The van der Waals surface area contributed by atoms with Crippen LogP contribution in [0.1, 0.15) is 21.6 Å². The van der Waals surface area contributed by atoms with Crippen LogP contribution in [0.25, 0.3) is 0 Å². The molecule has 2 aromatic rings. The largest absolute Gasteiger partial charge is 0.493 e. The van der Waals surface area contributed by atoms with Crippen molar-refractivity contribution in [2.45, 2.75) is 13.5 Å². The third-order valence-corrected chi connectivity index (χ3v) is 4.90. The number of hydrogen-bond acceptors (Lipinski definition) is 7. The number of piperazine rings is 1. The molecule has 1 saturated heterocycles. The summed E-state index contributed by atoms with van der Waals surface area (Å²) in [6, 6.07) is 5.56. The highest BCUT2D eigenvalue weighted by Gasteiger charge is 2.19. The Balaban J connectivity index is 1.64. The average molecular weight is 385 g/mol. The monoisotopic (exact) mass is 385 g/mol. The van der Waals surface area contributed by atoms with Gasteiger partial charge in [-0.2, -0.15) is 0 Å². The van der Waals surface area contributed by atoms with E-state index < -0.39 is 0 Å². The van der Waals surface area contributed by atoms with Crippen LogP contribution in [0.15, 0.2) is 24.4 Å². The molecule has 0 saturated carbocycles. The Hall–Kier alpha value is -2.87. The summed E-state index contributed by atoms with van der Waals surface area (Å²) < 4.78 is 10.5. The fourth-order valence-electron chi connectivity index (χ4n) is 3.10. The van der Waals surface area contributed by atoms with Gasteiger partial charge in [0.2, 0.25) is 5.95 Å². The molecule has 1 N–H and O–H groups in total. The van der Waals surface area contributed by atoms with Gasteiger partial charge in [-0.25, -0.2) is 9.97 Å². The normalized spacial score (nSPS) is 14.6. The quantitative estimate of drug-likeness (QED) is 0.807. The number of methoxy groups -OCH3 is 2. The predicted octanol–water partition coefficient (Wildman–Crippen LogP) is 1.48. The Morgan fingerprint density at radius 2 is 1.86 bits per heavy atom. The lowest BCUT2D eigenvalue weighted by molar-refractivity contribution is 0.0949. The molecule has 28 heavy (non-hydrogen) atoms. The number of carbonyl (C=O) groups is 1. The van der Waals surface area contributed by atoms with E-state index >= 15 is 0 Å². The standard InChI is InChI=1S/C20H27N5O3/c1-14-16(13-22-20(23-14)25-9-7-24(2)8-10-25)19(26)21-12-15-5-6-17(27-3)18(11-15)28-4/h5-6,11,13H,7-10,12H2,1-4H3,(H,21,26). The van der Waals surface area contributed by atoms with Gasteiger partial charge >= 0.3 is 0 Å². The molecule has 1 amide bonds. The van der Waals surface area contributed by atoms with Crippen LogP contribution >= 0.6 is 0 Å². The van der Waals surface area contributed by atoms with E-state index in [1.165, 1.54) is 0 Å². The lowest BCUT2D eigenvalue weighted by Gasteiger charge is -2.32. The van der Waals surface area contributed by atoms with Gasteiger partial charge in [-0.05, 0) is 31.7 Å². The molecule has 1 aliphatic heterocycles. The van der Waals surface area contributed by atoms with Crippen LogP contribution in [0.4, 0.5) is 5.95 Å². The Bertz CT molecular complexity index is 835. The maximum Gasteiger partial charge on any atom is 0.254 e. The molecule has 8 heteroatoms. The molecule has 1 fully saturated rings. The summed E-state index contributed by atoms with van der Waals surface area (Å²) in [6.07, 6.45) is 1.61. The second-order valence-electron chi connectivity index (χ2n) is 6.83. The lowest BCUT2D eigenvalue weighted by atomic mass is 10.2. The Kier molecular flexibility index (Phi) is 6.30. The van der Waals surface area contributed by atoms with Gasteiger partial charge in [0.1, 0.15) is 0 Å². The molecular weight excluding hydrogens is 358 g/mol. The van der Waals surface area contributed by atoms with Crippen LogP contribution in [0.3, 0.4) is 0 Å². The maximum absolute atomic E-state index is 12.6. The smallest absolute Gasteiger partial charge is 0.254 e. The third-order valence-electron chi connectivity index (χ3n) is 4.90. The van der Waals surface area contributed by atoms with Crippen molar-refractivity contribution in [3.8, 4) is 11.5 Å². The number of aromatic nitrogens is 2. The number of carbonyl (C=O) groups excluding carboxylic acids is 1. The minimum Gasteiger partial charge on any atom is -0.493 e. The van der Waals surface area contributed by atoms with Gasteiger partial charge in [-0.1, -0.05) is 6.07 Å². The molecule has 0 bridgehead atoms. The number of nitrogens with zero attached hydrogens (tertiary/aromatic N) is 4. The number of hydrogen-bond donors (Lipinski definition) is 1. The molecule has 1 aromatic heterocycles. The van der Waals surface area contributed by atoms with Crippen LogP contribution in [0.5, 0.6) is 11.5 Å². The van der Waals surface area contributed by atoms with E-state index in [1.54, 1.807) is 20.4 Å². The van der Waals surface area contributed by atoms with Crippen LogP contribution < -0.4 is 19.7 Å². The molecule has 3 rings (SSSR count). The topological polar surface area (TPSA) is 79.8 Å². The van der Waals surface area contributed by atoms with Crippen molar-refractivity contribution in [2.75, 3.05) is 52.3 Å². The van der Waals surface area contributed by atoms with Gasteiger partial charge < -0.3 is 24.6 Å². The van der Waals surface area contributed by atoms with Crippen molar-refractivity contribution < 1.29 is 14.3 Å². The van der Waals surface area contributed by atoms with Gasteiger partial charge in [-0.15, -0.1) is 0 Å². The van der Waals surface area contributed by atoms with Crippen LogP contribution in [0, 0.1) is 6.92 Å². The van der Waals surface area contributed by atoms with E-state index in [1.807, 2.05) is 25.1 Å². The molecule has 150 valence electrons. The second kappa shape index (κ2) is 8.88. The van der Waals surface area contributed by atoms with E-state index in [4.69, 9.17) is 9.47 Å². The highest BCUT2D eigenvalue weighted by atomic mass is 16.5. The third kappa shape index (κ3) is 4.51. The summed E-state index contributed by atoms with van der Waals surface area (Å²) in [6.45, 7) is 5.96. The van der Waals surface area contributed by atoms with Crippen LogP contribution in [-0.2, 0) is 6.54 Å². The van der Waals surface area contributed by atoms with Crippen molar-refractivity contribution >= 4 is 11.9 Å². The Morgan fingerprint density at radius 1 is 1.14 bits per heavy atom. The lowest BCUT2D eigenvalue weighted by Crippen LogP contribution is -2.45. The number of rotatable bonds is 6. The van der Waals surface area contributed by atoms with Crippen molar-refractivity contribution in [3.63, 3.8) is 0 Å². The van der Waals surface area contributed by atoms with E-state index in [9.17, 15) is 4.79 Å². The average Bonchev–Trinajstić information content (AvgIpc) is 2.72. The molecule has 0 aliphatic carbocycles. The highest BCUT2D eigenvalue weighted by Crippen LogP contribution is 2.27. The number of amides is 1. The van der Waals surface area contributed by atoms with Gasteiger partial charge in [0.05, 0.1) is 25.5 Å². The van der Waals surface area contributed by atoms with Gasteiger partial charge in [-0.3, -0.25) is 4.79 Å². The van der Waals surface area contributed by atoms with Crippen molar-refractivity contribution in [1.82, 2.24) is 20.2 Å². The van der Waals surface area contributed by atoms with Gasteiger partial charge in [0, 0.05) is 38.9 Å².